The Balaban J connectivity index is 2.23. The van der Waals surface area contributed by atoms with Crippen LogP contribution in [0.5, 0.6) is 0 Å². The fourth-order valence-corrected chi connectivity index (χ4v) is 2.03. The largest absolute Gasteiger partial charge is 0.395 e. The van der Waals surface area contributed by atoms with Crippen molar-refractivity contribution in [3.05, 3.63) is 0 Å². The minimum absolute atomic E-state index is 0.0511. The molecule has 0 unspecified atom stereocenters. The van der Waals surface area contributed by atoms with Gasteiger partial charge in [-0.1, -0.05) is 6.42 Å². The molecule has 1 saturated heterocycles. The second-order valence-corrected chi connectivity index (χ2v) is 5.33. The van der Waals surface area contributed by atoms with Gasteiger partial charge in [-0.25, -0.2) is 0 Å². The molecule has 3 nitrogen and oxygen atoms in total. The van der Waals surface area contributed by atoms with Crippen LogP contribution < -0.4 is 0 Å². The van der Waals surface area contributed by atoms with Crippen LogP contribution in [-0.4, -0.2) is 48.0 Å². The zero-order chi connectivity index (χ0) is 11.3. The van der Waals surface area contributed by atoms with Crippen molar-refractivity contribution in [1.29, 1.82) is 0 Å². The van der Waals surface area contributed by atoms with E-state index in [0.717, 1.165) is 26.1 Å². The first kappa shape index (κ1) is 12.9. The van der Waals surface area contributed by atoms with Gasteiger partial charge in [-0.05, 0) is 40.2 Å². The summed E-state index contributed by atoms with van der Waals surface area (Å²) in [5, 5.41) is 9.24. The molecule has 0 saturated carbocycles. The van der Waals surface area contributed by atoms with E-state index in [9.17, 15) is 5.11 Å². The summed E-state index contributed by atoms with van der Waals surface area (Å²) < 4.78 is 5.70. The van der Waals surface area contributed by atoms with E-state index in [1.807, 2.05) is 0 Å². The van der Waals surface area contributed by atoms with Crippen LogP contribution in [0.2, 0.25) is 0 Å². The number of rotatable bonds is 4. The molecule has 0 radical (unpaired) electrons. The summed E-state index contributed by atoms with van der Waals surface area (Å²) in [6.07, 6.45) is 3.64. The van der Waals surface area contributed by atoms with Crippen molar-refractivity contribution in [3.8, 4) is 0 Å². The average Bonchev–Trinajstić information content (AvgIpc) is 2.16. The van der Waals surface area contributed by atoms with Crippen LogP contribution in [0.25, 0.3) is 0 Å². The third-order valence-corrected chi connectivity index (χ3v) is 2.87. The summed E-state index contributed by atoms with van der Waals surface area (Å²) in [6, 6.07) is 0.363. The maximum atomic E-state index is 9.24. The molecular weight excluding hydrogens is 190 g/mol. The molecule has 0 aromatic heterocycles. The summed E-state index contributed by atoms with van der Waals surface area (Å²) in [7, 11) is 0. The number of aliphatic hydroxyl groups is 1. The molecule has 3 heteroatoms. The van der Waals surface area contributed by atoms with Crippen LogP contribution in [0, 0.1) is 0 Å². The highest BCUT2D eigenvalue weighted by Gasteiger charge is 2.21. The maximum absolute atomic E-state index is 9.24. The lowest BCUT2D eigenvalue weighted by Crippen LogP contribution is -2.44. The van der Waals surface area contributed by atoms with Gasteiger partial charge in [0.2, 0.25) is 0 Å². The average molecular weight is 215 g/mol. The second kappa shape index (κ2) is 5.83. The zero-order valence-electron chi connectivity index (χ0n) is 10.3. The number of likely N-dealkylation sites (tertiary alicyclic amines) is 1. The molecule has 0 aromatic rings. The molecular formula is C12H25NO2. The van der Waals surface area contributed by atoms with Gasteiger partial charge in [0.25, 0.3) is 0 Å². The van der Waals surface area contributed by atoms with Gasteiger partial charge < -0.3 is 9.84 Å². The highest BCUT2D eigenvalue weighted by atomic mass is 16.5. The Bertz CT molecular complexity index is 177. The van der Waals surface area contributed by atoms with Crippen molar-refractivity contribution in [2.45, 2.75) is 51.7 Å². The predicted octanol–water partition coefficient (Wildman–Crippen LogP) is 1.65. The number of piperidine rings is 1. The molecule has 1 rings (SSSR count). The second-order valence-electron chi connectivity index (χ2n) is 5.33. The van der Waals surface area contributed by atoms with Crippen LogP contribution in [0.15, 0.2) is 0 Å². The number of aliphatic hydroxyl groups excluding tert-OH is 1. The van der Waals surface area contributed by atoms with E-state index in [1.54, 1.807) is 0 Å². The van der Waals surface area contributed by atoms with Crippen LogP contribution in [-0.2, 0) is 4.74 Å². The molecule has 1 N–H and O–H groups in total. The van der Waals surface area contributed by atoms with Crippen molar-refractivity contribution < 1.29 is 9.84 Å². The first-order chi connectivity index (χ1) is 7.03. The quantitative estimate of drug-likeness (QED) is 0.774. The Hall–Kier alpha value is -0.120. The first-order valence-corrected chi connectivity index (χ1v) is 6.02. The smallest absolute Gasteiger partial charge is 0.0600 e. The minimum Gasteiger partial charge on any atom is -0.395 e. The van der Waals surface area contributed by atoms with Crippen molar-refractivity contribution in [2.24, 2.45) is 0 Å². The van der Waals surface area contributed by atoms with Gasteiger partial charge in [0.1, 0.15) is 0 Å². The lowest BCUT2D eigenvalue weighted by molar-refractivity contribution is -0.0250. The molecule has 90 valence electrons. The maximum Gasteiger partial charge on any atom is 0.0600 e. The van der Waals surface area contributed by atoms with E-state index >= 15 is 0 Å². The monoisotopic (exact) mass is 215 g/mol. The molecule has 0 bridgehead atoms. The fraction of sp³-hybridized carbons (Fsp3) is 1.00. The highest BCUT2D eigenvalue weighted by molar-refractivity contribution is 4.76. The Kier molecular flexibility index (Phi) is 5.03. The molecule has 0 amide bonds. The Morgan fingerprint density at radius 1 is 1.33 bits per heavy atom. The number of hydrogen-bond donors (Lipinski definition) is 1. The molecule has 0 aromatic carbocycles. The molecule has 15 heavy (non-hydrogen) atoms. The summed E-state index contributed by atoms with van der Waals surface area (Å²) in [5.41, 5.74) is -0.0511. The van der Waals surface area contributed by atoms with E-state index in [4.69, 9.17) is 4.74 Å². The molecule has 0 spiro atoms. The lowest BCUT2D eigenvalue weighted by Gasteiger charge is -2.35. The van der Waals surface area contributed by atoms with Gasteiger partial charge in [-0.3, -0.25) is 4.90 Å². The molecule has 1 aliphatic heterocycles. The molecule has 1 atom stereocenters. The van der Waals surface area contributed by atoms with Gasteiger partial charge >= 0.3 is 0 Å². The van der Waals surface area contributed by atoms with E-state index in [2.05, 4.69) is 25.7 Å². The molecule has 1 aliphatic rings. The Morgan fingerprint density at radius 2 is 2.07 bits per heavy atom. The lowest BCUT2D eigenvalue weighted by atomic mass is 10.0. The normalized spacial score (nSPS) is 24.4. The summed E-state index contributed by atoms with van der Waals surface area (Å²) in [4.78, 5) is 2.36. The van der Waals surface area contributed by atoms with Crippen molar-refractivity contribution >= 4 is 0 Å². The predicted molar refractivity (Wildman–Crippen MR) is 62.0 cm³/mol. The Labute approximate surface area is 93.4 Å². The van der Waals surface area contributed by atoms with Gasteiger partial charge in [0, 0.05) is 12.6 Å². The van der Waals surface area contributed by atoms with Gasteiger partial charge in [-0.2, -0.15) is 0 Å². The molecule has 1 fully saturated rings. The Morgan fingerprint density at radius 3 is 2.67 bits per heavy atom. The SMILES string of the molecule is CC(C)(C)OCCN1CCCC[C@@H]1CO. The van der Waals surface area contributed by atoms with E-state index in [-0.39, 0.29) is 12.2 Å². The standard InChI is InChI=1S/C12H25NO2/c1-12(2,3)15-9-8-13-7-5-4-6-11(13)10-14/h11,14H,4-10H2,1-3H3/t11-/m1/s1. The first-order valence-electron chi connectivity index (χ1n) is 6.02. The van der Waals surface area contributed by atoms with Gasteiger partial charge in [-0.15, -0.1) is 0 Å². The summed E-state index contributed by atoms with van der Waals surface area (Å²) in [5.74, 6) is 0. The van der Waals surface area contributed by atoms with Crippen LogP contribution in [0.4, 0.5) is 0 Å². The summed E-state index contributed by atoms with van der Waals surface area (Å²) >= 11 is 0. The third-order valence-electron chi connectivity index (χ3n) is 2.87. The highest BCUT2D eigenvalue weighted by Crippen LogP contribution is 2.16. The van der Waals surface area contributed by atoms with Crippen LogP contribution in [0.3, 0.4) is 0 Å². The van der Waals surface area contributed by atoms with E-state index < -0.39 is 0 Å². The van der Waals surface area contributed by atoms with E-state index in [0.29, 0.717) is 6.04 Å². The topological polar surface area (TPSA) is 32.7 Å². The number of ether oxygens (including phenoxy) is 1. The van der Waals surface area contributed by atoms with Crippen molar-refractivity contribution in [2.75, 3.05) is 26.3 Å². The summed E-state index contributed by atoms with van der Waals surface area (Å²) in [6.45, 7) is 9.34. The van der Waals surface area contributed by atoms with E-state index in [1.165, 1.54) is 12.8 Å². The minimum atomic E-state index is -0.0511. The van der Waals surface area contributed by atoms with Crippen LogP contribution in [0.1, 0.15) is 40.0 Å². The number of nitrogens with zero attached hydrogens (tertiary/aromatic N) is 1. The molecule has 0 aliphatic carbocycles. The number of hydrogen-bond acceptors (Lipinski definition) is 3. The fourth-order valence-electron chi connectivity index (χ4n) is 2.03. The van der Waals surface area contributed by atoms with Crippen molar-refractivity contribution in [3.63, 3.8) is 0 Å². The van der Waals surface area contributed by atoms with Crippen molar-refractivity contribution in [1.82, 2.24) is 4.90 Å². The van der Waals surface area contributed by atoms with Gasteiger partial charge in [0.15, 0.2) is 0 Å². The third kappa shape index (κ3) is 4.96. The van der Waals surface area contributed by atoms with Crippen LogP contribution >= 0.6 is 0 Å². The zero-order valence-corrected chi connectivity index (χ0v) is 10.3. The molecule has 1 heterocycles. The van der Waals surface area contributed by atoms with Gasteiger partial charge in [0.05, 0.1) is 18.8 Å².